The quantitative estimate of drug-likeness (QED) is 0.866. The molecule has 3 heteroatoms. The van der Waals surface area contributed by atoms with Crippen molar-refractivity contribution < 1.29 is 9.50 Å². The third kappa shape index (κ3) is 2.49. The Bertz CT molecular complexity index is 445. The van der Waals surface area contributed by atoms with Crippen LogP contribution in [0.1, 0.15) is 17.4 Å². The third-order valence-corrected chi connectivity index (χ3v) is 3.44. The minimum Gasteiger partial charge on any atom is -0.385 e. The van der Waals surface area contributed by atoms with Crippen LogP contribution in [0.3, 0.4) is 0 Å². The standard InChI is InChI=1S/C13H13FOS/c1-13(15,9-12-3-2-8-16-12)10-4-6-11(14)7-5-10/h2-8,15H,9H2,1H3. The van der Waals surface area contributed by atoms with Gasteiger partial charge < -0.3 is 5.11 Å². The van der Waals surface area contributed by atoms with Gasteiger partial charge in [-0.05, 0) is 36.1 Å². The van der Waals surface area contributed by atoms with Gasteiger partial charge in [0.15, 0.2) is 0 Å². The Balaban J connectivity index is 2.21. The van der Waals surface area contributed by atoms with E-state index in [1.165, 1.54) is 12.1 Å². The van der Waals surface area contributed by atoms with Crippen molar-refractivity contribution in [2.24, 2.45) is 0 Å². The number of thiophene rings is 1. The number of benzene rings is 1. The van der Waals surface area contributed by atoms with Gasteiger partial charge in [0.25, 0.3) is 0 Å². The molecule has 0 radical (unpaired) electrons. The number of halogens is 1. The fourth-order valence-electron chi connectivity index (χ4n) is 1.66. The zero-order chi connectivity index (χ0) is 11.6. The smallest absolute Gasteiger partial charge is 0.123 e. The van der Waals surface area contributed by atoms with Crippen molar-refractivity contribution in [1.82, 2.24) is 0 Å². The average molecular weight is 236 g/mol. The van der Waals surface area contributed by atoms with Crippen LogP contribution in [-0.2, 0) is 12.0 Å². The lowest BCUT2D eigenvalue weighted by molar-refractivity contribution is 0.0584. The van der Waals surface area contributed by atoms with E-state index in [-0.39, 0.29) is 5.82 Å². The Labute approximate surface area is 98.2 Å². The highest BCUT2D eigenvalue weighted by Crippen LogP contribution is 2.27. The van der Waals surface area contributed by atoms with Gasteiger partial charge in [-0.3, -0.25) is 0 Å². The maximum atomic E-state index is 12.8. The fourth-order valence-corrected chi connectivity index (χ4v) is 2.52. The summed E-state index contributed by atoms with van der Waals surface area (Å²) in [6.07, 6.45) is 0.552. The van der Waals surface area contributed by atoms with E-state index in [2.05, 4.69) is 0 Å². The SMILES string of the molecule is CC(O)(Cc1cccs1)c1ccc(F)cc1. The molecule has 0 aliphatic heterocycles. The summed E-state index contributed by atoms with van der Waals surface area (Å²) in [5, 5.41) is 12.3. The van der Waals surface area contributed by atoms with Gasteiger partial charge in [0, 0.05) is 11.3 Å². The van der Waals surface area contributed by atoms with E-state index in [9.17, 15) is 9.50 Å². The van der Waals surface area contributed by atoms with Gasteiger partial charge in [-0.15, -0.1) is 11.3 Å². The van der Waals surface area contributed by atoms with E-state index in [1.54, 1.807) is 30.4 Å². The molecule has 0 saturated carbocycles. The average Bonchev–Trinajstić information content (AvgIpc) is 2.70. The largest absolute Gasteiger partial charge is 0.385 e. The van der Waals surface area contributed by atoms with Crippen LogP contribution >= 0.6 is 11.3 Å². The molecule has 1 heterocycles. The normalized spacial score (nSPS) is 14.7. The van der Waals surface area contributed by atoms with Crippen molar-refractivity contribution in [2.75, 3.05) is 0 Å². The number of aliphatic hydroxyl groups is 1. The van der Waals surface area contributed by atoms with Gasteiger partial charge in [-0.1, -0.05) is 18.2 Å². The van der Waals surface area contributed by atoms with Gasteiger partial charge in [0.05, 0.1) is 5.60 Å². The zero-order valence-electron chi connectivity index (χ0n) is 8.98. The van der Waals surface area contributed by atoms with Crippen molar-refractivity contribution >= 4 is 11.3 Å². The van der Waals surface area contributed by atoms with E-state index >= 15 is 0 Å². The molecule has 1 aromatic heterocycles. The minimum atomic E-state index is -0.946. The molecule has 16 heavy (non-hydrogen) atoms. The highest BCUT2D eigenvalue weighted by atomic mass is 32.1. The zero-order valence-corrected chi connectivity index (χ0v) is 9.80. The molecule has 2 rings (SSSR count). The first kappa shape index (κ1) is 11.3. The summed E-state index contributed by atoms with van der Waals surface area (Å²) in [7, 11) is 0. The number of hydrogen-bond donors (Lipinski definition) is 1. The lowest BCUT2D eigenvalue weighted by atomic mass is 9.92. The molecule has 1 nitrogen and oxygen atoms in total. The van der Waals surface area contributed by atoms with Crippen LogP contribution < -0.4 is 0 Å². The molecule has 1 unspecified atom stereocenters. The minimum absolute atomic E-state index is 0.282. The molecule has 1 aromatic carbocycles. The van der Waals surface area contributed by atoms with Gasteiger partial charge in [0.2, 0.25) is 0 Å². The topological polar surface area (TPSA) is 20.2 Å². The summed E-state index contributed by atoms with van der Waals surface area (Å²) in [4.78, 5) is 1.12. The summed E-state index contributed by atoms with van der Waals surface area (Å²) in [6, 6.07) is 9.95. The Hall–Kier alpha value is -1.19. The lowest BCUT2D eigenvalue weighted by Crippen LogP contribution is -2.23. The molecule has 1 N–H and O–H groups in total. The van der Waals surface area contributed by atoms with Crippen LogP contribution in [0, 0.1) is 5.82 Å². The van der Waals surface area contributed by atoms with E-state index in [1.807, 2.05) is 17.5 Å². The van der Waals surface area contributed by atoms with E-state index < -0.39 is 5.60 Å². The molecule has 0 spiro atoms. The lowest BCUT2D eigenvalue weighted by Gasteiger charge is -2.23. The van der Waals surface area contributed by atoms with Crippen LogP contribution in [-0.4, -0.2) is 5.11 Å². The van der Waals surface area contributed by atoms with Crippen LogP contribution in [0.15, 0.2) is 41.8 Å². The Morgan fingerprint density at radius 2 is 1.94 bits per heavy atom. The Kier molecular flexibility index (Phi) is 3.08. The number of hydrogen-bond acceptors (Lipinski definition) is 2. The van der Waals surface area contributed by atoms with E-state index in [0.29, 0.717) is 6.42 Å². The van der Waals surface area contributed by atoms with E-state index in [0.717, 1.165) is 10.4 Å². The van der Waals surface area contributed by atoms with Gasteiger partial charge >= 0.3 is 0 Å². The first-order valence-electron chi connectivity index (χ1n) is 5.09. The molecular formula is C13H13FOS. The van der Waals surface area contributed by atoms with Crippen LogP contribution in [0.5, 0.6) is 0 Å². The van der Waals surface area contributed by atoms with Crippen molar-refractivity contribution in [3.8, 4) is 0 Å². The van der Waals surface area contributed by atoms with Gasteiger partial charge in [-0.2, -0.15) is 0 Å². The molecule has 0 aliphatic rings. The molecule has 0 amide bonds. The van der Waals surface area contributed by atoms with Crippen molar-refractivity contribution in [3.63, 3.8) is 0 Å². The second-order valence-corrected chi connectivity index (χ2v) is 5.07. The molecule has 0 fully saturated rings. The summed E-state index contributed by atoms with van der Waals surface area (Å²) in [5.74, 6) is -0.282. The highest BCUT2D eigenvalue weighted by Gasteiger charge is 2.23. The molecular weight excluding hydrogens is 223 g/mol. The summed E-state index contributed by atoms with van der Waals surface area (Å²) in [6.45, 7) is 1.75. The van der Waals surface area contributed by atoms with Crippen LogP contribution in [0.4, 0.5) is 4.39 Å². The second-order valence-electron chi connectivity index (χ2n) is 4.04. The Morgan fingerprint density at radius 3 is 2.50 bits per heavy atom. The molecule has 0 aliphatic carbocycles. The van der Waals surface area contributed by atoms with Crippen molar-refractivity contribution in [3.05, 3.63) is 58.0 Å². The fraction of sp³-hybridized carbons (Fsp3) is 0.231. The van der Waals surface area contributed by atoms with Crippen LogP contribution in [0.2, 0.25) is 0 Å². The molecule has 0 saturated heterocycles. The van der Waals surface area contributed by atoms with Gasteiger partial charge in [-0.25, -0.2) is 4.39 Å². The Morgan fingerprint density at radius 1 is 1.25 bits per heavy atom. The first-order valence-corrected chi connectivity index (χ1v) is 5.97. The molecule has 2 aromatic rings. The van der Waals surface area contributed by atoms with Crippen molar-refractivity contribution in [1.29, 1.82) is 0 Å². The maximum Gasteiger partial charge on any atom is 0.123 e. The predicted molar refractivity (Wildman–Crippen MR) is 64.0 cm³/mol. The summed E-state index contributed by atoms with van der Waals surface area (Å²) >= 11 is 1.61. The summed E-state index contributed by atoms with van der Waals surface area (Å²) in [5.41, 5.74) is -0.208. The number of rotatable bonds is 3. The van der Waals surface area contributed by atoms with Crippen molar-refractivity contribution in [2.45, 2.75) is 18.9 Å². The van der Waals surface area contributed by atoms with E-state index in [4.69, 9.17) is 0 Å². The second kappa shape index (κ2) is 4.36. The molecule has 1 atom stereocenters. The predicted octanol–water partition coefficient (Wildman–Crippen LogP) is 3.34. The summed E-state index contributed by atoms with van der Waals surface area (Å²) < 4.78 is 12.8. The highest BCUT2D eigenvalue weighted by molar-refractivity contribution is 7.09. The maximum absolute atomic E-state index is 12.8. The van der Waals surface area contributed by atoms with Crippen LogP contribution in [0.25, 0.3) is 0 Å². The molecule has 0 bridgehead atoms. The molecule has 84 valence electrons. The first-order chi connectivity index (χ1) is 7.58. The third-order valence-electron chi connectivity index (χ3n) is 2.56. The monoisotopic (exact) mass is 236 g/mol. The van der Waals surface area contributed by atoms with Gasteiger partial charge in [0.1, 0.15) is 5.82 Å².